The highest BCUT2D eigenvalue weighted by atomic mass is 16.5. The van der Waals surface area contributed by atoms with Gasteiger partial charge >= 0.3 is 0 Å². The number of guanidine groups is 1. The topological polar surface area (TPSA) is 77.5 Å². The molecule has 0 unspecified atom stereocenters. The maximum absolute atomic E-state index is 6.18. The monoisotopic (exact) mass is 357 g/mol. The second-order valence-electron chi connectivity index (χ2n) is 6.35. The van der Waals surface area contributed by atoms with Crippen LogP contribution in [-0.2, 0) is 30.7 Å². The molecule has 1 heterocycles. The Morgan fingerprint density at radius 1 is 1.23 bits per heavy atom. The number of aromatic nitrogens is 2. The van der Waals surface area contributed by atoms with E-state index in [-0.39, 0.29) is 0 Å². The average molecular weight is 358 g/mol. The van der Waals surface area contributed by atoms with Gasteiger partial charge < -0.3 is 15.8 Å². The minimum absolute atomic E-state index is 0.434. The first kappa shape index (κ1) is 20.0. The molecule has 142 valence electrons. The van der Waals surface area contributed by atoms with Crippen LogP contribution in [0.3, 0.4) is 0 Å². The van der Waals surface area contributed by atoms with Gasteiger partial charge in [0.15, 0.2) is 5.96 Å². The summed E-state index contributed by atoms with van der Waals surface area (Å²) in [5, 5.41) is 7.88. The van der Waals surface area contributed by atoms with Gasteiger partial charge in [-0.25, -0.2) is 4.99 Å². The van der Waals surface area contributed by atoms with Crippen LogP contribution in [0.2, 0.25) is 0 Å². The fourth-order valence-corrected chi connectivity index (χ4v) is 3.09. The quantitative estimate of drug-likeness (QED) is 0.562. The Balaban J connectivity index is 2.16. The van der Waals surface area contributed by atoms with Crippen LogP contribution in [0.15, 0.2) is 23.2 Å². The third-order valence-electron chi connectivity index (χ3n) is 4.70. The van der Waals surface area contributed by atoms with Gasteiger partial charge in [-0.05, 0) is 37.8 Å². The fourth-order valence-electron chi connectivity index (χ4n) is 3.09. The number of rotatable bonds is 8. The summed E-state index contributed by atoms with van der Waals surface area (Å²) >= 11 is 0. The van der Waals surface area contributed by atoms with E-state index in [1.807, 2.05) is 11.6 Å². The number of aliphatic imine (C=N–C) groups is 1. The zero-order valence-corrected chi connectivity index (χ0v) is 16.6. The Kier molecular flexibility index (Phi) is 7.21. The van der Waals surface area contributed by atoms with Gasteiger partial charge in [0, 0.05) is 24.1 Å². The van der Waals surface area contributed by atoms with Gasteiger partial charge in [-0.2, -0.15) is 5.10 Å². The summed E-state index contributed by atoms with van der Waals surface area (Å²) < 4.78 is 7.11. The van der Waals surface area contributed by atoms with Crippen molar-refractivity contribution in [2.24, 2.45) is 10.7 Å². The number of nitrogens with two attached hydrogens (primary N) is 1. The van der Waals surface area contributed by atoms with Gasteiger partial charge in [0.1, 0.15) is 0 Å². The maximum atomic E-state index is 6.18. The molecule has 0 aliphatic heterocycles. The van der Waals surface area contributed by atoms with Gasteiger partial charge in [0.2, 0.25) is 0 Å². The molecule has 1 aromatic heterocycles. The Morgan fingerprint density at radius 3 is 2.46 bits per heavy atom. The van der Waals surface area contributed by atoms with Gasteiger partial charge in [-0.1, -0.05) is 32.0 Å². The van der Waals surface area contributed by atoms with Crippen LogP contribution in [0.5, 0.6) is 0 Å². The summed E-state index contributed by atoms with van der Waals surface area (Å²) in [5.41, 5.74) is 13.0. The highest BCUT2D eigenvalue weighted by Crippen LogP contribution is 2.22. The van der Waals surface area contributed by atoms with E-state index in [0.29, 0.717) is 19.1 Å². The van der Waals surface area contributed by atoms with Crippen LogP contribution < -0.4 is 11.1 Å². The highest BCUT2D eigenvalue weighted by Gasteiger charge is 2.12. The van der Waals surface area contributed by atoms with Crippen molar-refractivity contribution in [2.45, 2.75) is 53.6 Å². The number of benzene rings is 1. The average Bonchev–Trinajstić information content (AvgIpc) is 2.91. The van der Waals surface area contributed by atoms with Crippen LogP contribution in [0.25, 0.3) is 0 Å². The summed E-state index contributed by atoms with van der Waals surface area (Å²) in [7, 11) is 1.70. The summed E-state index contributed by atoms with van der Waals surface area (Å²) in [6.07, 6.45) is 1.90. The molecule has 0 aliphatic carbocycles. The first-order valence-corrected chi connectivity index (χ1v) is 9.21. The predicted octanol–water partition coefficient (Wildman–Crippen LogP) is 3.20. The molecule has 0 aliphatic rings. The molecule has 2 rings (SSSR count). The van der Waals surface area contributed by atoms with E-state index in [1.54, 1.807) is 7.11 Å². The van der Waals surface area contributed by atoms with Crippen LogP contribution in [0.4, 0.5) is 5.69 Å². The zero-order valence-electron chi connectivity index (χ0n) is 16.6. The van der Waals surface area contributed by atoms with Crippen molar-refractivity contribution in [2.75, 3.05) is 19.0 Å². The van der Waals surface area contributed by atoms with Gasteiger partial charge in [-0.3, -0.25) is 4.68 Å². The normalized spacial score (nSPS) is 11.8. The number of aryl methyl sites for hydroxylation is 3. The molecule has 26 heavy (non-hydrogen) atoms. The third-order valence-corrected chi connectivity index (χ3v) is 4.70. The standard InChI is InChI=1S/C20H31N5O/c1-6-16-9-8-10-17(7-2)19(16)23-20(21)22-13-18-14(3)24-25(15(18)4)11-12-26-5/h8-10H,6-7,11-13H2,1-5H3,(H3,21,22,23). The number of hydrogen-bond donors (Lipinski definition) is 2. The maximum Gasteiger partial charge on any atom is 0.193 e. The minimum Gasteiger partial charge on any atom is -0.383 e. The lowest BCUT2D eigenvalue weighted by Gasteiger charge is -2.14. The van der Waals surface area contributed by atoms with Crippen molar-refractivity contribution in [1.82, 2.24) is 9.78 Å². The number of hydrogen-bond acceptors (Lipinski definition) is 3. The Bertz CT molecular complexity index is 742. The number of methoxy groups -OCH3 is 1. The summed E-state index contributed by atoms with van der Waals surface area (Å²) in [4.78, 5) is 4.55. The lowest BCUT2D eigenvalue weighted by molar-refractivity contribution is 0.182. The zero-order chi connectivity index (χ0) is 19.1. The van der Waals surface area contributed by atoms with Crippen molar-refractivity contribution in [3.05, 3.63) is 46.3 Å². The Labute approximate surface area is 156 Å². The van der Waals surface area contributed by atoms with Gasteiger partial charge in [0.25, 0.3) is 0 Å². The van der Waals surface area contributed by atoms with Crippen molar-refractivity contribution < 1.29 is 4.74 Å². The lowest BCUT2D eigenvalue weighted by Crippen LogP contribution is -2.24. The molecule has 1 aromatic carbocycles. The molecule has 6 heteroatoms. The summed E-state index contributed by atoms with van der Waals surface area (Å²) in [6.45, 7) is 10.3. The number of anilines is 1. The van der Waals surface area contributed by atoms with E-state index in [2.05, 4.69) is 54.4 Å². The summed E-state index contributed by atoms with van der Waals surface area (Å²) in [5.74, 6) is 0.434. The molecule has 0 atom stereocenters. The largest absolute Gasteiger partial charge is 0.383 e. The van der Waals surface area contributed by atoms with Gasteiger partial charge in [0.05, 0.1) is 25.4 Å². The molecule has 0 fully saturated rings. The number of nitrogens with one attached hydrogen (secondary N) is 1. The van der Waals surface area contributed by atoms with E-state index >= 15 is 0 Å². The molecular weight excluding hydrogens is 326 g/mol. The number of ether oxygens (including phenoxy) is 1. The molecule has 6 nitrogen and oxygen atoms in total. The predicted molar refractivity (Wildman–Crippen MR) is 108 cm³/mol. The number of nitrogens with zero attached hydrogens (tertiary/aromatic N) is 3. The number of para-hydroxylation sites is 1. The van der Waals surface area contributed by atoms with E-state index in [0.717, 1.165) is 42.0 Å². The Morgan fingerprint density at radius 2 is 1.88 bits per heavy atom. The highest BCUT2D eigenvalue weighted by molar-refractivity contribution is 5.93. The molecule has 0 saturated carbocycles. The second kappa shape index (κ2) is 9.38. The Hall–Kier alpha value is -2.34. The van der Waals surface area contributed by atoms with Crippen LogP contribution in [-0.4, -0.2) is 29.5 Å². The van der Waals surface area contributed by atoms with E-state index < -0.39 is 0 Å². The fraction of sp³-hybridized carbons (Fsp3) is 0.500. The minimum atomic E-state index is 0.434. The molecule has 0 amide bonds. The van der Waals surface area contributed by atoms with Crippen molar-refractivity contribution in [1.29, 1.82) is 0 Å². The van der Waals surface area contributed by atoms with E-state index in [9.17, 15) is 0 Å². The molecule has 2 aromatic rings. The lowest BCUT2D eigenvalue weighted by atomic mass is 10.0. The second-order valence-corrected chi connectivity index (χ2v) is 6.35. The molecule has 0 radical (unpaired) electrons. The molecule has 0 saturated heterocycles. The smallest absolute Gasteiger partial charge is 0.193 e. The van der Waals surface area contributed by atoms with Crippen LogP contribution in [0.1, 0.15) is 41.9 Å². The van der Waals surface area contributed by atoms with Gasteiger partial charge in [-0.15, -0.1) is 0 Å². The van der Waals surface area contributed by atoms with Crippen molar-refractivity contribution in [3.8, 4) is 0 Å². The first-order valence-electron chi connectivity index (χ1n) is 9.21. The van der Waals surface area contributed by atoms with Crippen LogP contribution in [0, 0.1) is 13.8 Å². The molecular formula is C20H31N5O. The first-order chi connectivity index (χ1) is 12.5. The third kappa shape index (κ3) is 4.64. The van der Waals surface area contributed by atoms with Crippen molar-refractivity contribution in [3.63, 3.8) is 0 Å². The SMILES string of the molecule is CCc1cccc(CC)c1NC(N)=NCc1c(C)nn(CCOC)c1C. The summed E-state index contributed by atoms with van der Waals surface area (Å²) in [6, 6.07) is 6.35. The van der Waals surface area contributed by atoms with E-state index in [1.165, 1.54) is 11.1 Å². The van der Waals surface area contributed by atoms with Crippen molar-refractivity contribution >= 4 is 11.6 Å². The van der Waals surface area contributed by atoms with Crippen LogP contribution >= 0.6 is 0 Å². The molecule has 0 bridgehead atoms. The van der Waals surface area contributed by atoms with E-state index in [4.69, 9.17) is 10.5 Å². The molecule has 0 spiro atoms. The molecule has 3 N–H and O–H groups in total.